The van der Waals surface area contributed by atoms with Gasteiger partial charge in [-0.25, -0.2) is 0 Å². The Balaban J connectivity index is 2.11. The maximum atomic E-state index is 10.8. The molecule has 1 saturated carbocycles. The molecule has 122 valence electrons. The summed E-state index contributed by atoms with van der Waals surface area (Å²) >= 11 is 0. The van der Waals surface area contributed by atoms with Crippen LogP contribution in [0.4, 0.5) is 0 Å². The van der Waals surface area contributed by atoms with Gasteiger partial charge in [-0.1, -0.05) is 52.3 Å². The molecule has 1 aromatic carbocycles. The van der Waals surface area contributed by atoms with Crippen LogP contribution in [-0.2, 0) is 5.41 Å². The molecule has 0 bridgehead atoms. The van der Waals surface area contributed by atoms with Crippen LogP contribution < -0.4 is 0 Å². The summed E-state index contributed by atoms with van der Waals surface area (Å²) in [6, 6.07) is 6.70. The van der Waals surface area contributed by atoms with E-state index in [0.29, 0.717) is 11.8 Å². The van der Waals surface area contributed by atoms with E-state index >= 15 is 0 Å². The molecule has 1 aromatic rings. The molecule has 0 spiro atoms. The van der Waals surface area contributed by atoms with E-state index in [-0.39, 0.29) is 17.4 Å². The van der Waals surface area contributed by atoms with Crippen LogP contribution in [0.15, 0.2) is 18.2 Å². The van der Waals surface area contributed by atoms with Crippen molar-refractivity contribution in [3.63, 3.8) is 0 Å². The van der Waals surface area contributed by atoms with Crippen molar-refractivity contribution in [3.8, 4) is 0 Å². The van der Waals surface area contributed by atoms with Crippen molar-refractivity contribution in [2.45, 2.75) is 70.8 Å². The Bertz CT molecular complexity index is 565. The Morgan fingerprint density at radius 3 is 2.59 bits per heavy atom. The van der Waals surface area contributed by atoms with E-state index < -0.39 is 6.10 Å². The van der Waals surface area contributed by atoms with Crippen molar-refractivity contribution in [2.24, 2.45) is 11.3 Å². The third-order valence-electron chi connectivity index (χ3n) is 6.59. The molecule has 2 heteroatoms. The Labute approximate surface area is 134 Å². The van der Waals surface area contributed by atoms with Crippen molar-refractivity contribution in [1.82, 2.24) is 0 Å². The Morgan fingerprint density at radius 1 is 1.23 bits per heavy atom. The lowest BCUT2D eigenvalue weighted by Gasteiger charge is -2.56. The van der Waals surface area contributed by atoms with Gasteiger partial charge >= 0.3 is 0 Å². The topological polar surface area (TPSA) is 40.5 Å². The molecule has 0 amide bonds. The Morgan fingerprint density at radius 2 is 1.95 bits per heavy atom. The van der Waals surface area contributed by atoms with Crippen molar-refractivity contribution in [1.29, 1.82) is 0 Å². The van der Waals surface area contributed by atoms with Crippen molar-refractivity contribution in [3.05, 3.63) is 34.9 Å². The molecule has 0 saturated heterocycles. The maximum Gasteiger partial charge on any atom is 0.0796 e. The monoisotopic (exact) mass is 302 g/mol. The van der Waals surface area contributed by atoms with Crippen LogP contribution in [0.25, 0.3) is 0 Å². The van der Waals surface area contributed by atoms with E-state index in [4.69, 9.17) is 0 Å². The number of aliphatic hydroxyl groups excluding tert-OH is 2. The highest BCUT2D eigenvalue weighted by Crippen LogP contribution is 2.59. The van der Waals surface area contributed by atoms with Gasteiger partial charge in [0.05, 0.1) is 6.10 Å². The predicted octanol–water partition coefficient (Wildman–Crippen LogP) is 4.30. The van der Waals surface area contributed by atoms with E-state index in [2.05, 4.69) is 45.9 Å². The summed E-state index contributed by atoms with van der Waals surface area (Å²) in [5.41, 5.74) is 3.77. The summed E-state index contributed by atoms with van der Waals surface area (Å²) < 4.78 is 0. The van der Waals surface area contributed by atoms with Crippen LogP contribution >= 0.6 is 0 Å². The highest BCUT2D eigenvalue weighted by Gasteiger charge is 2.53. The molecule has 1 unspecified atom stereocenters. The quantitative estimate of drug-likeness (QED) is 0.855. The van der Waals surface area contributed by atoms with Gasteiger partial charge in [0.25, 0.3) is 0 Å². The maximum absolute atomic E-state index is 10.8. The zero-order chi connectivity index (χ0) is 16.1. The first-order chi connectivity index (χ1) is 10.3. The zero-order valence-electron chi connectivity index (χ0n) is 14.4. The molecule has 0 aliphatic heterocycles. The van der Waals surface area contributed by atoms with E-state index in [1.165, 1.54) is 11.1 Å². The molecule has 2 N–H and O–H groups in total. The lowest BCUT2D eigenvalue weighted by Crippen LogP contribution is -2.51. The zero-order valence-corrected chi connectivity index (χ0v) is 14.4. The van der Waals surface area contributed by atoms with Crippen molar-refractivity contribution in [2.75, 3.05) is 6.61 Å². The first-order valence-corrected chi connectivity index (χ1v) is 8.75. The summed E-state index contributed by atoms with van der Waals surface area (Å²) in [5.74, 6) is 0.836. The second-order valence-electron chi connectivity index (χ2n) is 8.39. The average Bonchev–Trinajstić information content (AvgIpc) is 2.49. The fourth-order valence-electron chi connectivity index (χ4n) is 5.12. The third kappa shape index (κ3) is 2.23. The molecular weight excluding hydrogens is 272 g/mol. The van der Waals surface area contributed by atoms with Gasteiger partial charge in [-0.3, -0.25) is 0 Å². The number of aliphatic hydroxyl groups is 2. The van der Waals surface area contributed by atoms with Crippen molar-refractivity contribution >= 4 is 0 Å². The molecule has 2 nitrogen and oxygen atoms in total. The smallest absolute Gasteiger partial charge is 0.0796 e. The van der Waals surface area contributed by atoms with Crippen LogP contribution in [0.5, 0.6) is 0 Å². The summed E-state index contributed by atoms with van der Waals surface area (Å²) in [4.78, 5) is 0. The predicted molar refractivity (Wildman–Crippen MR) is 90.0 cm³/mol. The lowest BCUT2D eigenvalue weighted by atomic mass is 9.49. The molecular formula is C20H30O2. The third-order valence-corrected chi connectivity index (χ3v) is 6.59. The van der Waals surface area contributed by atoms with Gasteiger partial charge in [-0.05, 0) is 58.6 Å². The largest absolute Gasteiger partial charge is 0.396 e. The van der Waals surface area contributed by atoms with E-state index in [9.17, 15) is 10.2 Å². The molecule has 2 aliphatic carbocycles. The van der Waals surface area contributed by atoms with E-state index in [0.717, 1.165) is 31.2 Å². The number of fused-ring (bicyclic) bond motifs is 3. The fourth-order valence-corrected chi connectivity index (χ4v) is 5.12. The minimum absolute atomic E-state index is 0.0671. The molecule has 3 rings (SSSR count). The second-order valence-corrected chi connectivity index (χ2v) is 8.39. The first-order valence-electron chi connectivity index (χ1n) is 8.75. The first kappa shape index (κ1) is 16.0. The fraction of sp³-hybridized carbons (Fsp3) is 0.700. The molecule has 0 aromatic heterocycles. The van der Waals surface area contributed by atoms with Gasteiger partial charge in [0.15, 0.2) is 0 Å². The molecule has 0 heterocycles. The van der Waals surface area contributed by atoms with Gasteiger partial charge in [-0.15, -0.1) is 0 Å². The number of benzene rings is 1. The molecule has 1 fully saturated rings. The molecule has 0 radical (unpaired) electrons. The van der Waals surface area contributed by atoms with Gasteiger partial charge in [0.2, 0.25) is 0 Å². The molecule has 4 atom stereocenters. The second kappa shape index (κ2) is 5.35. The minimum atomic E-state index is -0.393. The lowest BCUT2D eigenvalue weighted by molar-refractivity contribution is -0.0462. The van der Waals surface area contributed by atoms with E-state index in [1.54, 1.807) is 0 Å². The van der Waals surface area contributed by atoms with Gasteiger partial charge in [0.1, 0.15) is 0 Å². The summed E-state index contributed by atoms with van der Waals surface area (Å²) in [6.45, 7) is 9.18. The van der Waals surface area contributed by atoms with Gasteiger partial charge in [-0.2, -0.15) is 0 Å². The highest BCUT2D eigenvalue weighted by atomic mass is 16.3. The summed E-state index contributed by atoms with van der Waals surface area (Å²) in [6.07, 6.45) is 3.77. The van der Waals surface area contributed by atoms with Crippen LogP contribution in [0, 0.1) is 11.3 Å². The van der Waals surface area contributed by atoms with Crippen LogP contribution in [0.3, 0.4) is 0 Å². The molecule has 2 aliphatic rings. The Kier molecular flexibility index (Phi) is 3.89. The van der Waals surface area contributed by atoms with Crippen LogP contribution in [0.1, 0.15) is 82.1 Å². The van der Waals surface area contributed by atoms with Crippen molar-refractivity contribution < 1.29 is 10.2 Å². The minimum Gasteiger partial charge on any atom is -0.396 e. The number of hydrogen-bond acceptors (Lipinski definition) is 2. The Hall–Kier alpha value is -0.860. The summed E-state index contributed by atoms with van der Waals surface area (Å²) in [5, 5.41) is 20.7. The van der Waals surface area contributed by atoms with Crippen LogP contribution in [0.2, 0.25) is 0 Å². The average molecular weight is 302 g/mol. The number of hydrogen-bond donors (Lipinski definition) is 2. The summed E-state index contributed by atoms with van der Waals surface area (Å²) in [7, 11) is 0. The van der Waals surface area contributed by atoms with Gasteiger partial charge in [0, 0.05) is 6.61 Å². The normalized spacial score (nSPS) is 37.8. The molecule has 22 heavy (non-hydrogen) atoms. The van der Waals surface area contributed by atoms with Crippen LogP contribution in [-0.4, -0.2) is 16.8 Å². The van der Waals surface area contributed by atoms with Gasteiger partial charge < -0.3 is 10.2 Å². The highest BCUT2D eigenvalue weighted by molar-refractivity contribution is 5.43. The van der Waals surface area contributed by atoms with E-state index in [1.807, 2.05) is 0 Å². The standard InChI is InChI=1S/C20H30O2/c1-13(2)14-6-7-16-15(10-14)17(22)11-18-19(3,12-21)8-5-9-20(16,18)4/h6-7,10,13,17-18,21-22H,5,8-9,11-12H2,1-4H3/t17-,18?,19-,20+/m0/s1. The SMILES string of the molecule is CC(C)c1ccc2c(c1)[C@@H](O)CC1[C@](C)(CO)CCC[C@]21C. The number of rotatable bonds is 2.